The lowest BCUT2D eigenvalue weighted by molar-refractivity contribution is 0.240. The van der Waals surface area contributed by atoms with Crippen LogP contribution in [-0.2, 0) is 6.42 Å². The van der Waals surface area contributed by atoms with E-state index in [1.807, 2.05) is 19.1 Å². The zero-order valence-electron chi connectivity index (χ0n) is 12.9. The van der Waals surface area contributed by atoms with Crippen molar-refractivity contribution in [2.45, 2.75) is 46.1 Å². The Labute approximate surface area is 127 Å². The average molecular weight is 300 g/mol. The minimum absolute atomic E-state index is 0.0899. The molecule has 0 spiro atoms. The normalized spacial score (nSPS) is 13.9. The molecule has 20 heavy (non-hydrogen) atoms. The summed E-state index contributed by atoms with van der Waals surface area (Å²) in [6, 6.07) is 3.95. The van der Waals surface area contributed by atoms with Crippen LogP contribution in [0.5, 0.6) is 11.5 Å². The second-order valence-electron chi connectivity index (χ2n) is 5.50. The monoisotopic (exact) mass is 299 g/mol. The summed E-state index contributed by atoms with van der Waals surface area (Å²) in [5.74, 6) is 1.81. The summed E-state index contributed by atoms with van der Waals surface area (Å²) in [6.45, 7) is 6.97. The van der Waals surface area contributed by atoms with Gasteiger partial charge in [0.25, 0.3) is 0 Å². The second kappa shape index (κ2) is 8.38. The van der Waals surface area contributed by atoms with Gasteiger partial charge >= 0.3 is 0 Å². The van der Waals surface area contributed by atoms with Crippen LogP contribution in [0.25, 0.3) is 0 Å². The van der Waals surface area contributed by atoms with Gasteiger partial charge in [-0.05, 0) is 43.4 Å². The van der Waals surface area contributed by atoms with Crippen LogP contribution in [0.4, 0.5) is 0 Å². The number of hydrogen-bond acceptors (Lipinski definition) is 3. The van der Waals surface area contributed by atoms with Gasteiger partial charge < -0.3 is 15.2 Å². The smallest absolute Gasteiger partial charge is 0.179 e. The Balaban J connectivity index is 2.84. The molecule has 0 aliphatic carbocycles. The lowest BCUT2D eigenvalue weighted by atomic mass is 10.1. The Bertz CT molecular complexity index is 421. The molecule has 2 N–H and O–H groups in total. The summed E-state index contributed by atoms with van der Waals surface area (Å²) < 4.78 is 11.2. The maximum atomic E-state index is 6.31. The fourth-order valence-corrected chi connectivity index (χ4v) is 2.49. The van der Waals surface area contributed by atoms with Crippen LogP contribution in [0.1, 0.15) is 39.2 Å². The van der Waals surface area contributed by atoms with E-state index < -0.39 is 0 Å². The van der Waals surface area contributed by atoms with E-state index in [-0.39, 0.29) is 6.04 Å². The molecule has 1 rings (SSSR count). The summed E-state index contributed by atoms with van der Waals surface area (Å²) in [5.41, 5.74) is 6.89. The van der Waals surface area contributed by atoms with Gasteiger partial charge in [-0.1, -0.05) is 31.9 Å². The van der Waals surface area contributed by atoms with Crippen molar-refractivity contribution in [2.24, 2.45) is 11.7 Å². The fraction of sp³-hybridized carbons (Fsp3) is 0.625. The Hall–Kier alpha value is -0.930. The topological polar surface area (TPSA) is 44.5 Å². The van der Waals surface area contributed by atoms with Crippen molar-refractivity contribution < 1.29 is 9.47 Å². The average Bonchev–Trinajstić information content (AvgIpc) is 2.36. The highest BCUT2D eigenvalue weighted by Crippen LogP contribution is 2.37. The van der Waals surface area contributed by atoms with Gasteiger partial charge in [-0.15, -0.1) is 0 Å². The van der Waals surface area contributed by atoms with Crippen LogP contribution in [0.15, 0.2) is 12.1 Å². The maximum Gasteiger partial charge on any atom is 0.179 e. The Kier molecular flexibility index (Phi) is 7.17. The molecule has 0 aliphatic heterocycles. The Morgan fingerprint density at radius 2 is 2.00 bits per heavy atom. The predicted molar refractivity (Wildman–Crippen MR) is 84.9 cm³/mol. The molecule has 114 valence electrons. The number of methoxy groups -OCH3 is 1. The highest BCUT2D eigenvalue weighted by atomic mass is 35.5. The van der Waals surface area contributed by atoms with Gasteiger partial charge in [-0.2, -0.15) is 0 Å². The van der Waals surface area contributed by atoms with Crippen LogP contribution in [0.2, 0.25) is 5.02 Å². The first kappa shape index (κ1) is 17.1. The third kappa shape index (κ3) is 5.22. The lowest BCUT2D eigenvalue weighted by Gasteiger charge is -2.17. The minimum Gasteiger partial charge on any atom is -0.493 e. The van der Waals surface area contributed by atoms with Crippen molar-refractivity contribution in [1.82, 2.24) is 0 Å². The van der Waals surface area contributed by atoms with Crippen molar-refractivity contribution in [3.05, 3.63) is 22.7 Å². The second-order valence-corrected chi connectivity index (χ2v) is 5.90. The van der Waals surface area contributed by atoms with Crippen LogP contribution in [0, 0.1) is 5.92 Å². The molecule has 0 heterocycles. The van der Waals surface area contributed by atoms with E-state index in [2.05, 4.69) is 13.8 Å². The highest BCUT2D eigenvalue weighted by molar-refractivity contribution is 6.32. The molecule has 0 aromatic heterocycles. The molecule has 1 aromatic rings. The highest BCUT2D eigenvalue weighted by Gasteiger charge is 2.14. The molecule has 0 saturated heterocycles. The summed E-state index contributed by atoms with van der Waals surface area (Å²) in [7, 11) is 1.63. The Morgan fingerprint density at radius 3 is 2.55 bits per heavy atom. The number of nitrogens with two attached hydrogens (primary N) is 1. The number of halogens is 1. The van der Waals surface area contributed by atoms with Crippen LogP contribution < -0.4 is 15.2 Å². The molecular formula is C16H26ClNO2. The van der Waals surface area contributed by atoms with Gasteiger partial charge in [0.05, 0.1) is 18.7 Å². The summed E-state index contributed by atoms with van der Waals surface area (Å²) in [6.07, 6.45) is 3.06. The largest absolute Gasteiger partial charge is 0.493 e. The molecule has 0 fully saturated rings. The molecule has 4 heteroatoms. The van der Waals surface area contributed by atoms with Crippen molar-refractivity contribution in [2.75, 3.05) is 13.7 Å². The van der Waals surface area contributed by atoms with Crippen molar-refractivity contribution >= 4 is 11.6 Å². The molecule has 0 bridgehead atoms. The maximum absolute atomic E-state index is 6.31. The molecule has 3 nitrogen and oxygen atoms in total. The zero-order valence-corrected chi connectivity index (χ0v) is 13.7. The number of hydrogen-bond donors (Lipinski definition) is 1. The van der Waals surface area contributed by atoms with Gasteiger partial charge in [0, 0.05) is 6.04 Å². The molecule has 2 unspecified atom stereocenters. The number of benzene rings is 1. The molecule has 0 saturated carbocycles. The van der Waals surface area contributed by atoms with Crippen LogP contribution in [-0.4, -0.2) is 19.8 Å². The molecule has 0 radical (unpaired) electrons. The van der Waals surface area contributed by atoms with Crippen LogP contribution >= 0.6 is 11.6 Å². The molecule has 0 aliphatic rings. The molecule has 0 amide bonds. The van der Waals surface area contributed by atoms with E-state index >= 15 is 0 Å². The fourth-order valence-electron chi connectivity index (χ4n) is 2.20. The summed E-state index contributed by atoms with van der Waals surface area (Å²) in [5, 5.41) is 0.587. The third-order valence-corrected chi connectivity index (χ3v) is 3.42. The zero-order chi connectivity index (χ0) is 15.1. The van der Waals surface area contributed by atoms with Gasteiger partial charge in [0.1, 0.15) is 0 Å². The van der Waals surface area contributed by atoms with E-state index in [9.17, 15) is 0 Å². The van der Waals surface area contributed by atoms with E-state index in [0.717, 1.165) is 24.8 Å². The van der Waals surface area contributed by atoms with E-state index in [1.165, 1.54) is 0 Å². The SMILES string of the molecule is CCCC(C)COc1c(Cl)cc(CC(C)N)cc1OC. The first-order chi connectivity index (χ1) is 9.47. The summed E-state index contributed by atoms with van der Waals surface area (Å²) >= 11 is 6.31. The standard InChI is InChI=1S/C16H26ClNO2/c1-5-6-11(2)10-20-16-14(17)8-13(7-12(3)18)9-15(16)19-4/h8-9,11-12H,5-7,10,18H2,1-4H3. The van der Waals surface area contributed by atoms with Gasteiger partial charge in [0.15, 0.2) is 11.5 Å². The first-order valence-corrected chi connectivity index (χ1v) is 7.60. The van der Waals surface area contributed by atoms with Gasteiger partial charge in [-0.25, -0.2) is 0 Å². The summed E-state index contributed by atoms with van der Waals surface area (Å²) in [4.78, 5) is 0. The molecule has 2 atom stereocenters. The van der Waals surface area contributed by atoms with E-state index in [1.54, 1.807) is 7.11 Å². The van der Waals surface area contributed by atoms with Crippen LogP contribution in [0.3, 0.4) is 0 Å². The van der Waals surface area contributed by atoms with Crippen molar-refractivity contribution in [3.8, 4) is 11.5 Å². The lowest BCUT2D eigenvalue weighted by Crippen LogP contribution is -2.17. The minimum atomic E-state index is 0.0899. The van der Waals surface area contributed by atoms with Crippen molar-refractivity contribution in [3.63, 3.8) is 0 Å². The first-order valence-electron chi connectivity index (χ1n) is 7.22. The quantitative estimate of drug-likeness (QED) is 0.787. The van der Waals surface area contributed by atoms with Gasteiger partial charge in [0.2, 0.25) is 0 Å². The van der Waals surface area contributed by atoms with E-state index in [0.29, 0.717) is 29.0 Å². The number of ether oxygens (including phenoxy) is 2. The third-order valence-electron chi connectivity index (χ3n) is 3.14. The van der Waals surface area contributed by atoms with Gasteiger partial charge in [-0.3, -0.25) is 0 Å². The van der Waals surface area contributed by atoms with E-state index in [4.69, 9.17) is 26.8 Å². The number of rotatable bonds is 8. The molecule has 1 aromatic carbocycles. The van der Waals surface area contributed by atoms with Crippen molar-refractivity contribution in [1.29, 1.82) is 0 Å². The molecular weight excluding hydrogens is 274 g/mol. The predicted octanol–water partition coefficient (Wildman–Crippen LogP) is 4.05. The Morgan fingerprint density at radius 1 is 1.30 bits per heavy atom.